The van der Waals surface area contributed by atoms with E-state index in [0.29, 0.717) is 23.0 Å². The molecule has 2 aliphatic heterocycles. The number of nitrogens with one attached hydrogen (secondary N) is 2. The first-order chi connectivity index (χ1) is 18.6. The summed E-state index contributed by atoms with van der Waals surface area (Å²) in [4.78, 5) is 32.1. The van der Waals surface area contributed by atoms with Crippen LogP contribution in [0, 0.1) is 17.7 Å². The first kappa shape index (κ1) is 26.9. The van der Waals surface area contributed by atoms with E-state index >= 15 is 0 Å². The average Bonchev–Trinajstić information content (AvgIpc) is 3.16. The SMILES string of the molecule is CC(C)CCCNc1ccc(-c2cnc(F)c(F)c2)nc1C1CCN(c2ncnc3c2C(C)(C)C(=O)N3)CC1. The number of carbonyl (C=O) groups is 1. The lowest BCUT2D eigenvalue weighted by Gasteiger charge is -2.35. The molecular formula is C29H35F2N7O. The Morgan fingerprint density at radius 1 is 1.15 bits per heavy atom. The third-order valence-electron chi connectivity index (χ3n) is 7.72. The summed E-state index contributed by atoms with van der Waals surface area (Å²) in [5, 5.41) is 6.44. The molecule has 3 aromatic heterocycles. The van der Waals surface area contributed by atoms with Gasteiger partial charge in [0.15, 0.2) is 5.82 Å². The van der Waals surface area contributed by atoms with Crippen LogP contribution in [0.2, 0.25) is 0 Å². The van der Waals surface area contributed by atoms with Gasteiger partial charge in [-0.25, -0.2) is 19.3 Å². The van der Waals surface area contributed by atoms with E-state index in [0.717, 1.165) is 74.1 Å². The minimum atomic E-state index is -1.12. The number of hydrogen-bond donors (Lipinski definition) is 2. The van der Waals surface area contributed by atoms with Crippen molar-refractivity contribution >= 4 is 23.2 Å². The van der Waals surface area contributed by atoms with Crippen molar-refractivity contribution in [3.63, 3.8) is 0 Å². The second kappa shape index (κ2) is 10.8. The quantitative estimate of drug-likeness (QED) is 0.283. The summed E-state index contributed by atoms with van der Waals surface area (Å²) in [6, 6.07) is 4.95. The molecule has 0 aliphatic carbocycles. The molecule has 2 aliphatic rings. The lowest BCUT2D eigenvalue weighted by Crippen LogP contribution is -2.36. The summed E-state index contributed by atoms with van der Waals surface area (Å²) in [7, 11) is 0. The highest BCUT2D eigenvalue weighted by atomic mass is 19.2. The number of anilines is 3. The molecule has 8 nitrogen and oxygen atoms in total. The van der Waals surface area contributed by atoms with E-state index in [1.807, 2.05) is 26.0 Å². The van der Waals surface area contributed by atoms with Crippen LogP contribution in [0.25, 0.3) is 11.3 Å². The van der Waals surface area contributed by atoms with Crippen molar-refractivity contribution in [2.75, 3.05) is 35.2 Å². The molecule has 1 amide bonds. The van der Waals surface area contributed by atoms with Crippen molar-refractivity contribution < 1.29 is 13.6 Å². The van der Waals surface area contributed by atoms with Crippen LogP contribution in [-0.2, 0) is 10.2 Å². The Balaban J connectivity index is 1.39. The molecule has 10 heteroatoms. The van der Waals surface area contributed by atoms with Crippen molar-refractivity contribution in [3.05, 3.63) is 53.7 Å². The van der Waals surface area contributed by atoms with Crippen LogP contribution in [0.3, 0.4) is 0 Å². The largest absolute Gasteiger partial charge is 0.384 e. The van der Waals surface area contributed by atoms with Crippen molar-refractivity contribution in [1.29, 1.82) is 0 Å². The minimum absolute atomic E-state index is 0.0740. The Labute approximate surface area is 227 Å². The van der Waals surface area contributed by atoms with Crippen LogP contribution >= 0.6 is 0 Å². The van der Waals surface area contributed by atoms with Gasteiger partial charge in [-0.2, -0.15) is 4.39 Å². The van der Waals surface area contributed by atoms with Gasteiger partial charge in [0.1, 0.15) is 18.0 Å². The molecule has 2 N–H and O–H groups in total. The van der Waals surface area contributed by atoms with Crippen molar-refractivity contribution in [2.24, 2.45) is 5.92 Å². The van der Waals surface area contributed by atoms with E-state index in [-0.39, 0.29) is 11.8 Å². The molecule has 3 aromatic rings. The van der Waals surface area contributed by atoms with Gasteiger partial charge in [0.2, 0.25) is 11.9 Å². The molecule has 0 atom stereocenters. The fourth-order valence-corrected chi connectivity index (χ4v) is 5.42. The smallest absolute Gasteiger partial charge is 0.248 e. The van der Waals surface area contributed by atoms with E-state index < -0.39 is 17.2 Å². The van der Waals surface area contributed by atoms with Gasteiger partial charge in [-0.3, -0.25) is 9.78 Å². The van der Waals surface area contributed by atoms with E-state index in [4.69, 9.17) is 4.98 Å². The topological polar surface area (TPSA) is 95.9 Å². The second-order valence-corrected chi connectivity index (χ2v) is 11.4. The molecule has 39 heavy (non-hydrogen) atoms. The van der Waals surface area contributed by atoms with Crippen molar-refractivity contribution in [3.8, 4) is 11.3 Å². The van der Waals surface area contributed by atoms with Gasteiger partial charge >= 0.3 is 0 Å². The molecule has 1 saturated heterocycles. The lowest BCUT2D eigenvalue weighted by molar-refractivity contribution is -0.119. The minimum Gasteiger partial charge on any atom is -0.384 e. The number of pyridine rings is 2. The van der Waals surface area contributed by atoms with Crippen LogP contribution in [0.1, 0.15) is 70.6 Å². The summed E-state index contributed by atoms with van der Waals surface area (Å²) in [5.74, 6) is -0.0113. The average molecular weight is 536 g/mol. The number of halogens is 2. The number of hydrogen-bond acceptors (Lipinski definition) is 7. The predicted octanol–water partition coefficient (Wildman–Crippen LogP) is 5.67. The maximum absolute atomic E-state index is 13.9. The summed E-state index contributed by atoms with van der Waals surface area (Å²) in [6.45, 7) is 10.5. The predicted molar refractivity (Wildman–Crippen MR) is 148 cm³/mol. The molecule has 0 aromatic carbocycles. The normalized spacial score (nSPS) is 16.9. The Hall–Kier alpha value is -3.69. The Morgan fingerprint density at radius 2 is 1.92 bits per heavy atom. The van der Waals surface area contributed by atoms with E-state index in [1.54, 1.807) is 0 Å². The first-order valence-electron chi connectivity index (χ1n) is 13.6. The number of piperidine rings is 1. The van der Waals surface area contributed by atoms with Gasteiger partial charge in [0.25, 0.3) is 0 Å². The standard InChI is InChI=1S/C29H35F2N7O/c1-17(2)6-5-11-32-22-8-7-21(19-14-20(30)25(31)33-15-19)36-24(22)18-9-12-38(13-10-18)27-23-26(34-16-35-27)37-28(39)29(23,3)4/h7-8,14-18,32H,5-6,9-13H2,1-4H3,(H,34,35,37,39). The molecular weight excluding hydrogens is 500 g/mol. The maximum Gasteiger partial charge on any atom is 0.248 e. The highest BCUT2D eigenvalue weighted by Gasteiger charge is 2.43. The molecule has 5 rings (SSSR count). The van der Waals surface area contributed by atoms with Gasteiger partial charge in [-0.1, -0.05) is 13.8 Å². The molecule has 0 saturated carbocycles. The fourth-order valence-electron chi connectivity index (χ4n) is 5.42. The third-order valence-corrected chi connectivity index (χ3v) is 7.72. The Morgan fingerprint density at radius 3 is 2.64 bits per heavy atom. The first-order valence-corrected chi connectivity index (χ1v) is 13.6. The van der Waals surface area contributed by atoms with Crippen LogP contribution in [-0.4, -0.2) is 45.5 Å². The zero-order valence-corrected chi connectivity index (χ0v) is 22.9. The zero-order chi connectivity index (χ0) is 27.7. The van der Waals surface area contributed by atoms with Crippen LogP contribution in [0.5, 0.6) is 0 Å². The van der Waals surface area contributed by atoms with Gasteiger partial charge in [-0.05, 0) is 63.6 Å². The summed E-state index contributed by atoms with van der Waals surface area (Å²) >= 11 is 0. The van der Waals surface area contributed by atoms with E-state index in [9.17, 15) is 13.6 Å². The zero-order valence-electron chi connectivity index (χ0n) is 22.9. The monoisotopic (exact) mass is 535 g/mol. The van der Waals surface area contributed by atoms with Crippen molar-refractivity contribution in [2.45, 2.75) is 64.7 Å². The van der Waals surface area contributed by atoms with Crippen LogP contribution in [0.15, 0.2) is 30.7 Å². The van der Waals surface area contributed by atoms with E-state index in [1.165, 1.54) is 12.5 Å². The maximum atomic E-state index is 13.9. The number of nitrogens with zero attached hydrogens (tertiary/aromatic N) is 5. The lowest BCUT2D eigenvalue weighted by atomic mass is 9.86. The highest BCUT2D eigenvalue weighted by molar-refractivity contribution is 6.06. The van der Waals surface area contributed by atoms with Crippen LogP contribution in [0.4, 0.5) is 26.1 Å². The molecule has 0 spiro atoms. The van der Waals surface area contributed by atoms with Gasteiger partial charge in [0.05, 0.1) is 28.1 Å². The Bertz CT molecular complexity index is 1370. The van der Waals surface area contributed by atoms with Gasteiger partial charge in [-0.15, -0.1) is 0 Å². The molecule has 0 radical (unpaired) electrons. The fraction of sp³-hybridized carbons (Fsp3) is 0.483. The number of carbonyl (C=O) groups excluding carboxylic acids is 1. The highest BCUT2D eigenvalue weighted by Crippen LogP contribution is 2.43. The van der Waals surface area contributed by atoms with E-state index in [2.05, 4.69) is 44.3 Å². The molecule has 0 unspecified atom stereocenters. The molecule has 206 valence electrons. The molecule has 5 heterocycles. The van der Waals surface area contributed by atoms with Crippen LogP contribution < -0.4 is 15.5 Å². The Kier molecular flexibility index (Phi) is 7.46. The third kappa shape index (κ3) is 5.42. The summed E-state index contributed by atoms with van der Waals surface area (Å²) in [6.07, 6.45) is 6.65. The number of rotatable bonds is 8. The second-order valence-electron chi connectivity index (χ2n) is 11.4. The number of amides is 1. The number of aromatic nitrogens is 4. The number of fused-ring (bicyclic) bond motifs is 1. The summed E-state index contributed by atoms with van der Waals surface area (Å²) in [5.41, 5.74) is 3.03. The molecule has 1 fully saturated rings. The van der Waals surface area contributed by atoms with Crippen molar-refractivity contribution in [1.82, 2.24) is 19.9 Å². The van der Waals surface area contributed by atoms with Gasteiger partial charge < -0.3 is 15.5 Å². The molecule has 0 bridgehead atoms. The summed E-state index contributed by atoms with van der Waals surface area (Å²) < 4.78 is 27.4. The van der Waals surface area contributed by atoms with Gasteiger partial charge in [0, 0.05) is 37.3 Å².